The molecule has 0 radical (unpaired) electrons. The zero-order chi connectivity index (χ0) is 14.4. The Morgan fingerprint density at radius 3 is 2.70 bits per heavy atom. The Labute approximate surface area is 120 Å². The molecule has 1 aliphatic carbocycles. The van der Waals surface area contributed by atoms with Gasteiger partial charge in [-0.15, -0.1) is 0 Å². The second kappa shape index (κ2) is 4.63. The van der Waals surface area contributed by atoms with Crippen molar-refractivity contribution >= 4 is 28.5 Å². The summed E-state index contributed by atoms with van der Waals surface area (Å²) in [5.41, 5.74) is 1.27. The third-order valence-corrected chi connectivity index (χ3v) is 3.93. The lowest BCUT2D eigenvalue weighted by atomic mass is 10.1. The first-order valence-corrected chi connectivity index (χ1v) is 6.92. The topological polar surface area (TPSA) is 59.3 Å². The molecule has 3 rings (SSSR count). The van der Waals surface area contributed by atoms with Gasteiger partial charge in [-0.05, 0) is 43.4 Å². The predicted molar refractivity (Wildman–Crippen MR) is 77.6 cm³/mol. The van der Waals surface area contributed by atoms with Crippen molar-refractivity contribution in [1.29, 1.82) is 0 Å². The summed E-state index contributed by atoms with van der Waals surface area (Å²) in [7, 11) is 0. The normalized spacial score (nSPS) is 14.7. The number of carboxylic acids is 1. The highest BCUT2D eigenvalue weighted by molar-refractivity contribution is 6.31. The minimum Gasteiger partial charge on any atom is -0.477 e. The molecule has 1 saturated carbocycles. The molecule has 1 aromatic carbocycles. The zero-order valence-electron chi connectivity index (χ0n) is 11.0. The van der Waals surface area contributed by atoms with Crippen LogP contribution >= 0.6 is 11.6 Å². The predicted octanol–water partition coefficient (Wildman–Crippen LogP) is 3.07. The molecule has 0 spiro atoms. The number of pyridine rings is 1. The molecule has 1 N–H and O–H groups in total. The van der Waals surface area contributed by atoms with Crippen molar-refractivity contribution in [3.05, 3.63) is 44.7 Å². The highest BCUT2D eigenvalue weighted by Crippen LogP contribution is 2.33. The SMILES string of the molecule is Cc1cc(Cl)cc2c(=O)cc(C(=O)O)n(CC3CC3)c12. The number of carboxylic acid groups (broad SMARTS) is 1. The molecule has 4 nitrogen and oxygen atoms in total. The van der Waals surface area contributed by atoms with Crippen molar-refractivity contribution in [2.24, 2.45) is 5.92 Å². The van der Waals surface area contributed by atoms with E-state index in [4.69, 9.17) is 11.6 Å². The third kappa shape index (κ3) is 2.20. The van der Waals surface area contributed by atoms with Crippen LogP contribution in [0.4, 0.5) is 0 Å². The van der Waals surface area contributed by atoms with E-state index in [9.17, 15) is 14.7 Å². The van der Waals surface area contributed by atoms with Crippen LogP contribution in [0.2, 0.25) is 5.02 Å². The summed E-state index contributed by atoms with van der Waals surface area (Å²) in [5, 5.41) is 10.3. The molecule has 20 heavy (non-hydrogen) atoms. The zero-order valence-corrected chi connectivity index (χ0v) is 11.8. The summed E-state index contributed by atoms with van der Waals surface area (Å²) in [6.45, 7) is 2.49. The van der Waals surface area contributed by atoms with Crippen LogP contribution in [0.15, 0.2) is 23.0 Å². The van der Waals surface area contributed by atoms with Gasteiger partial charge < -0.3 is 9.67 Å². The largest absolute Gasteiger partial charge is 0.477 e. The van der Waals surface area contributed by atoms with E-state index in [1.165, 1.54) is 6.07 Å². The molecule has 0 unspecified atom stereocenters. The number of aryl methyl sites for hydroxylation is 1. The van der Waals surface area contributed by atoms with E-state index < -0.39 is 5.97 Å². The highest BCUT2D eigenvalue weighted by Gasteiger charge is 2.25. The summed E-state index contributed by atoms with van der Waals surface area (Å²) in [5.74, 6) is -0.562. The Kier molecular flexibility index (Phi) is 3.05. The fraction of sp³-hybridized carbons (Fsp3) is 0.333. The van der Waals surface area contributed by atoms with Crippen LogP contribution < -0.4 is 5.43 Å². The second-order valence-corrected chi connectivity index (χ2v) is 5.81. The van der Waals surface area contributed by atoms with Crippen LogP contribution in [-0.4, -0.2) is 15.6 Å². The summed E-state index contributed by atoms with van der Waals surface area (Å²) < 4.78 is 1.75. The van der Waals surface area contributed by atoms with E-state index in [0.29, 0.717) is 28.4 Å². The number of nitrogens with zero attached hydrogens (tertiary/aromatic N) is 1. The standard InChI is InChI=1S/C15H14ClNO3/c1-8-4-10(16)5-11-13(18)6-12(15(19)20)17(14(8)11)7-9-2-3-9/h4-6,9H,2-3,7H2,1H3,(H,19,20). The van der Waals surface area contributed by atoms with Crippen molar-refractivity contribution < 1.29 is 9.90 Å². The molecule has 1 aromatic heterocycles. The lowest BCUT2D eigenvalue weighted by molar-refractivity contribution is 0.0684. The smallest absolute Gasteiger partial charge is 0.352 e. The molecule has 1 heterocycles. The average Bonchev–Trinajstić information content (AvgIpc) is 3.15. The molecule has 1 fully saturated rings. The van der Waals surface area contributed by atoms with E-state index in [1.807, 2.05) is 6.92 Å². The highest BCUT2D eigenvalue weighted by atomic mass is 35.5. The van der Waals surface area contributed by atoms with Crippen LogP contribution in [0, 0.1) is 12.8 Å². The number of hydrogen-bond acceptors (Lipinski definition) is 2. The van der Waals surface area contributed by atoms with E-state index in [-0.39, 0.29) is 11.1 Å². The Balaban J connectivity index is 2.39. The van der Waals surface area contributed by atoms with Gasteiger partial charge in [0.15, 0.2) is 5.43 Å². The maximum Gasteiger partial charge on any atom is 0.352 e. The molecule has 0 atom stereocenters. The van der Waals surface area contributed by atoms with Gasteiger partial charge in [0.1, 0.15) is 5.69 Å². The van der Waals surface area contributed by atoms with Crippen LogP contribution in [0.25, 0.3) is 10.9 Å². The number of carbonyl (C=O) groups is 1. The lowest BCUT2D eigenvalue weighted by Crippen LogP contribution is -2.19. The summed E-state index contributed by atoms with van der Waals surface area (Å²) in [4.78, 5) is 23.5. The number of fused-ring (bicyclic) bond motifs is 1. The van der Waals surface area contributed by atoms with Gasteiger partial charge in [-0.3, -0.25) is 4.79 Å². The van der Waals surface area contributed by atoms with Gasteiger partial charge in [-0.2, -0.15) is 0 Å². The molecule has 2 aromatic rings. The van der Waals surface area contributed by atoms with Crippen molar-refractivity contribution in [1.82, 2.24) is 4.57 Å². The third-order valence-electron chi connectivity index (χ3n) is 3.72. The van der Waals surface area contributed by atoms with Crippen molar-refractivity contribution in [3.63, 3.8) is 0 Å². The Hall–Kier alpha value is -1.81. The number of rotatable bonds is 3. The molecule has 104 valence electrons. The maximum atomic E-state index is 12.1. The van der Waals surface area contributed by atoms with Crippen molar-refractivity contribution in [2.45, 2.75) is 26.3 Å². The fourth-order valence-corrected chi connectivity index (χ4v) is 2.88. The molecule has 0 bridgehead atoms. The molecular formula is C15H14ClNO3. The van der Waals surface area contributed by atoms with Crippen molar-refractivity contribution in [3.8, 4) is 0 Å². The minimum atomic E-state index is -1.07. The number of aromatic nitrogens is 1. The van der Waals surface area contributed by atoms with Gasteiger partial charge in [-0.25, -0.2) is 4.79 Å². The van der Waals surface area contributed by atoms with Gasteiger partial charge in [0.05, 0.1) is 5.52 Å². The van der Waals surface area contributed by atoms with E-state index in [2.05, 4.69) is 0 Å². The number of halogens is 1. The second-order valence-electron chi connectivity index (χ2n) is 5.37. The van der Waals surface area contributed by atoms with Crippen LogP contribution in [-0.2, 0) is 6.54 Å². The lowest BCUT2D eigenvalue weighted by Gasteiger charge is -2.16. The Morgan fingerprint density at radius 2 is 2.10 bits per heavy atom. The Morgan fingerprint density at radius 1 is 1.40 bits per heavy atom. The van der Waals surface area contributed by atoms with Gasteiger partial charge >= 0.3 is 5.97 Å². The first-order chi connectivity index (χ1) is 9.47. The van der Waals surface area contributed by atoms with Gasteiger partial charge in [0.25, 0.3) is 0 Å². The molecular weight excluding hydrogens is 278 g/mol. The molecule has 0 aliphatic heterocycles. The monoisotopic (exact) mass is 291 g/mol. The van der Waals surface area contributed by atoms with E-state index in [0.717, 1.165) is 18.4 Å². The molecule has 0 amide bonds. The van der Waals surface area contributed by atoms with Gasteiger partial charge in [-0.1, -0.05) is 11.6 Å². The van der Waals surface area contributed by atoms with Crippen molar-refractivity contribution in [2.75, 3.05) is 0 Å². The number of benzene rings is 1. The van der Waals surface area contributed by atoms with Crippen LogP contribution in [0.5, 0.6) is 0 Å². The van der Waals surface area contributed by atoms with E-state index in [1.54, 1.807) is 16.7 Å². The maximum absolute atomic E-state index is 12.1. The Bertz CT molecular complexity index is 775. The summed E-state index contributed by atoms with van der Waals surface area (Å²) in [6.07, 6.45) is 2.22. The van der Waals surface area contributed by atoms with E-state index >= 15 is 0 Å². The molecule has 0 saturated heterocycles. The fourth-order valence-electron chi connectivity index (χ4n) is 2.61. The average molecular weight is 292 g/mol. The molecule has 5 heteroatoms. The summed E-state index contributed by atoms with van der Waals surface area (Å²) in [6, 6.07) is 4.57. The van der Waals surface area contributed by atoms with Gasteiger partial charge in [0.2, 0.25) is 0 Å². The first-order valence-electron chi connectivity index (χ1n) is 6.54. The summed E-state index contributed by atoms with van der Waals surface area (Å²) >= 11 is 6.00. The van der Waals surface area contributed by atoms with Crippen LogP contribution in [0.3, 0.4) is 0 Å². The minimum absolute atomic E-state index is 0.0554. The number of aromatic carboxylic acids is 1. The van der Waals surface area contributed by atoms with Crippen LogP contribution in [0.1, 0.15) is 28.9 Å². The molecule has 1 aliphatic rings. The van der Waals surface area contributed by atoms with Gasteiger partial charge in [0, 0.05) is 23.0 Å². The first kappa shape index (κ1) is 13.2. The quantitative estimate of drug-likeness (QED) is 0.945. The number of hydrogen-bond donors (Lipinski definition) is 1.